The van der Waals surface area contributed by atoms with Crippen LogP contribution in [0.5, 0.6) is 5.88 Å². The summed E-state index contributed by atoms with van der Waals surface area (Å²) in [7, 11) is 1.60. The van der Waals surface area contributed by atoms with Gasteiger partial charge in [-0.1, -0.05) is 15.9 Å². The van der Waals surface area contributed by atoms with E-state index >= 15 is 0 Å². The third kappa shape index (κ3) is 2.46. The summed E-state index contributed by atoms with van der Waals surface area (Å²) in [5.41, 5.74) is 2.56. The fourth-order valence-corrected chi connectivity index (χ4v) is 2.72. The van der Waals surface area contributed by atoms with Gasteiger partial charge in [0.1, 0.15) is 5.82 Å². The number of hydrogen-bond donors (Lipinski definition) is 1. The van der Waals surface area contributed by atoms with Crippen LogP contribution in [-0.4, -0.2) is 22.1 Å². The molecular formula is C13H9BrIN3O. The minimum absolute atomic E-state index is 0.562. The maximum atomic E-state index is 5.10. The minimum atomic E-state index is 0.562. The number of nitrogens with zero attached hydrogens (tertiary/aromatic N) is 2. The lowest BCUT2D eigenvalue weighted by molar-refractivity contribution is 0.399. The molecule has 0 saturated carbocycles. The van der Waals surface area contributed by atoms with E-state index in [-0.39, 0.29) is 0 Å². The third-order valence-corrected chi connectivity index (χ3v) is 4.08. The lowest BCUT2D eigenvalue weighted by Crippen LogP contribution is -1.86. The summed E-state index contributed by atoms with van der Waals surface area (Å²) in [6.45, 7) is 0. The number of H-pyrrole nitrogens is 1. The van der Waals surface area contributed by atoms with Crippen LogP contribution in [-0.2, 0) is 0 Å². The highest BCUT2D eigenvalue weighted by Gasteiger charge is 2.10. The molecule has 0 unspecified atom stereocenters. The number of halogens is 2. The predicted octanol–water partition coefficient (Wildman–Crippen LogP) is 4.00. The number of imidazole rings is 1. The summed E-state index contributed by atoms with van der Waals surface area (Å²) < 4.78 is 7.26. The Hall–Kier alpha value is -1.15. The molecule has 1 N–H and O–H groups in total. The van der Waals surface area contributed by atoms with Crippen molar-refractivity contribution in [3.63, 3.8) is 0 Å². The number of hydrogen-bond acceptors (Lipinski definition) is 3. The number of fused-ring (bicyclic) bond motifs is 1. The normalized spacial score (nSPS) is 10.9. The van der Waals surface area contributed by atoms with Crippen molar-refractivity contribution in [1.82, 2.24) is 15.0 Å². The molecule has 6 heteroatoms. The Bertz CT molecular complexity index is 757. The zero-order valence-corrected chi connectivity index (χ0v) is 13.7. The number of methoxy groups -OCH3 is 1. The van der Waals surface area contributed by atoms with Crippen LogP contribution in [0, 0.1) is 3.57 Å². The standard InChI is InChI=1S/C13H9BrIN3O/c1-19-11-5-4-10-13(17-11)18-12(16-10)8-6-7(15)2-3-9(8)14/h2-6H,1H3,(H,16,17,18). The first-order valence-corrected chi connectivity index (χ1v) is 7.41. The van der Waals surface area contributed by atoms with Gasteiger partial charge in [-0.25, -0.2) is 4.98 Å². The molecule has 0 aliphatic carbocycles. The number of rotatable bonds is 2. The first kappa shape index (κ1) is 12.9. The van der Waals surface area contributed by atoms with Gasteiger partial charge in [0, 0.05) is 19.7 Å². The lowest BCUT2D eigenvalue weighted by Gasteiger charge is -2.01. The van der Waals surface area contributed by atoms with Crippen molar-refractivity contribution in [1.29, 1.82) is 0 Å². The van der Waals surface area contributed by atoms with Crippen LogP contribution in [0.4, 0.5) is 0 Å². The zero-order chi connectivity index (χ0) is 13.4. The second kappa shape index (κ2) is 5.09. The highest BCUT2D eigenvalue weighted by atomic mass is 127. The molecule has 19 heavy (non-hydrogen) atoms. The number of aromatic nitrogens is 3. The zero-order valence-electron chi connectivity index (χ0n) is 9.95. The van der Waals surface area contributed by atoms with Crippen molar-refractivity contribution < 1.29 is 4.74 Å². The van der Waals surface area contributed by atoms with Crippen LogP contribution in [0.2, 0.25) is 0 Å². The van der Waals surface area contributed by atoms with Gasteiger partial charge in [-0.3, -0.25) is 0 Å². The first-order valence-electron chi connectivity index (χ1n) is 5.53. The Balaban J connectivity index is 2.17. The molecule has 0 aliphatic rings. The third-order valence-electron chi connectivity index (χ3n) is 2.71. The average molecular weight is 430 g/mol. The number of pyridine rings is 1. The van der Waals surface area contributed by atoms with Crippen molar-refractivity contribution in [3.05, 3.63) is 38.4 Å². The largest absolute Gasteiger partial charge is 0.481 e. The molecule has 96 valence electrons. The van der Waals surface area contributed by atoms with Gasteiger partial charge < -0.3 is 9.72 Å². The van der Waals surface area contributed by atoms with E-state index in [4.69, 9.17) is 4.74 Å². The van der Waals surface area contributed by atoms with Crippen LogP contribution in [0.15, 0.2) is 34.8 Å². The summed E-state index contributed by atoms with van der Waals surface area (Å²) in [6.07, 6.45) is 0. The highest BCUT2D eigenvalue weighted by Crippen LogP contribution is 2.29. The smallest absolute Gasteiger partial charge is 0.215 e. The predicted molar refractivity (Wildman–Crippen MR) is 86.3 cm³/mol. The number of aromatic amines is 1. The van der Waals surface area contributed by atoms with Gasteiger partial charge in [-0.2, -0.15) is 4.98 Å². The number of benzene rings is 1. The van der Waals surface area contributed by atoms with Crippen molar-refractivity contribution in [2.45, 2.75) is 0 Å². The van der Waals surface area contributed by atoms with Gasteiger partial charge in [0.2, 0.25) is 5.88 Å². The second-order valence-electron chi connectivity index (χ2n) is 3.93. The van der Waals surface area contributed by atoms with Gasteiger partial charge >= 0.3 is 0 Å². The molecular weight excluding hydrogens is 421 g/mol. The van der Waals surface area contributed by atoms with Crippen LogP contribution in [0.3, 0.4) is 0 Å². The van der Waals surface area contributed by atoms with Gasteiger partial charge in [0.05, 0.1) is 12.6 Å². The Kier molecular flexibility index (Phi) is 3.44. The van der Waals surface area contributed by atoms with Crippen LogP contribution < -0.4 is 4.74 Å². The average Bonchev–Trinajstić information content (AvgIpc) is 2.83. The lowest BCUT2D eigenvalue weighted by atomic mass is 10.2. The molecule has 2 heterocycles. The minimum Gasteiger partial charge on any atom is -0.481 e. The van der Waals surface area contributed by atoms with Gasteiger partial charge in [-0.15, -0.1) is 0 Å². The fraction of sp³-hybridized carbons (Fsp3) is 0.0769. The molecule has 0 radical (unpaired) electrons. The van der Waals surface area contributed by atoms with Crippen molar-refractivity contribution in [2.75, 3.05) is 7.11 Å². The molecule has 0 aliphatic heterocycles. The maximum absolute atomic E-state index is 5.10. The van der Waals surface area contributed by atoms with E-state index in [0.29, 0.717) is 11.5 Å². The molecule has 1 aromatic carbocycles. The van der Waals surface area contributed by atoms with E-state index in [1.165, 1.54) is 0 Å². The van der Waals surface area contributed by atoms with E-state index in [9.17, 15) is 0 Å². The monoisotopic (exact) mass is 429 g/mol. The van der Waals surface area contributed by atoms with Crippen molar-refractivity contribution >= 4 is 49.7 Å². The topological polar surface area (TPSA) is 50.8 Å². The van der Waals surface area contributed by atoms with Crippen LogP contribution >= 0.6 is 38.5 Å². The first-order chi connectivity index (χ1) is 9.17. The van der Waals surface area contributed by atoms with Crippen molar-refractivity contribution in [2.24, 2.45) is 0 Å². The summed E-state index contributed by atoms with van der Waals surface area (Å²) in [4.78, 5) is 12.1. The Labute approximate surface area is 131 Å². The molecule has 0 saturated heterocycles. The Morgan fingerprint density at radius 2 is 2.05 bits per heavy atom. The van der Waals surface area contributed by atoms with Crippen LogP contribution in [0.25, 0.3) is 22.6 Å². The second-order valence-corrected chi connectivity index (χ2v) is 6.03. The molecule has 2 aromatic heterocycles. The van der Waals surface area contributed by atoms with Gasteiger partial charge in [0.25, 0.3) is 0 Å². The van der Waals surface area contributed by atoms with Crippen LogP contribution in [0.1, 0.15) is 0 Å². The maximum Gasteiger partial charge on any atom is 0.215 e. The van der Waals surface area contributed by atoms with Gasteiger partial charge in [0.15, 0.2) is 5.65 Å². The summed E-state index contributed by atoms with van der Waals surface area (Å²) >= 11 is 5.82. The number of ether oxygens (including phenoxy) is 1. The van der Waals surface area contributed by atoms with E-state index in [1.54, 1.807) is 7.11 Å². The Morgan fingerprint density at radius 3 is 2.84 bits per heavy atom. The molecule has 4 nitrogen and oxygen atoms in total. The molecule has 0 amide bonds. The van der Waals surface area contributed by atoms with Crippen molar-refractivity contribution in [3.8, 4) is 17.3 Å². The van der Waals surface area contributed by atoms with Gasteiger partial charge in [-0.05, 0) is 46.9 Å². The molecule has 0 fully saturated rings. The molecule has 0 atom stereocenters. The summed E-state index contributed by atoms with van der Waals surface area (Å²) in [5, 5.41) is 0. The summed E-state index contributed by atoms with van der Waals surface area (Å²) in [6, 6.07) is 9.85. The SMILES string of the molecule is COc1ccc2[nH]c(-c3cc(I)ccc3Br)nc2n1. The molecule has 0 bridgehead atoms. The molecule has 3 rings (SSSR count). The quantitative estimate of drug-likeness (QED) is 0.626. The van der Waals surface area contributed by atoms with E-state index in [2.05, 4.69) is 59.5 Å². The number of nitrogens with one attached hydrogen (secondary N) is 1. The fourth-order valence-electron chi connectivity index (χ4n) is 1.80. The van der Waals surface area contributed by atoms with E-state index < -0.39 is 0 Å². The van der Waals surface area contributed by atoms with E-state index in [1.807, 2.05) is 24.3 Å². The summed E-state index contributed by atoms with van der Waals surface area (Å²) in [5.74, 6) is 1.36. The Morgan fingerprint density at radius 1 is 1.21 bits per heavy atom. The van der Waals surface area contributed by atoms with E-state index in [0.717, 1.165) is 24.9 Å². The molecule has 3 aromatic rings. The highest BCUT2D eigenvalue weighted by molar-refractivity contribution is 14.1. The molecule has 0 spiro atoms.